The van der Waals surface area contributed by atoms with Gasteiger partial charge in [0.2, 0.25) is 0 Å². The summed E-state index contributed by atoms with van der Waals surface area (Å²) in [7, 11) is 1.67. The topological polar surface area (TPSA) is 164 Å². The Morgan fingerprint density at radius 2 is 1.82 bits per heavy atom. The maximum absolute atomic E-state index is 12.1. The molecule has 3 aliphatic carbocycles. The summed E-state index contributed by atoms with van der Waals surface area (Å²) in [6.45, 7) is 15.0. The number of ether oxygens (including phenoxy) is 5. The molecule has 256 valence electrons. The molecule has 2 fully saturated rings. The minimum atomic E-state index is -1.64. The molecule has 45 heavy (non-hydrogen) atoms. The first kappa shape index (κ1) is 36.2. The zero-order valence-corrected chi connectivity index (χ0v) is 27.7. The Hall–Kier alpha value is -1.67. The number of carbonyl (C=O) groups is 1. The van der Waals surface area contributed by atoms with Gasteiger partial charge in [-0.1, -0.05) is 37.1 Å². The van der Waals surface area contributed by atoms with Crippen LogP contribution >= 0.6 is 0 Å². The van der Waals surface area contributed by atoms with Crippen LogP contribution in [0.3, 0.4) is 0 Å². The van der Waals surface area contributed by atoms with Gasteiger partial charge < -0.3 is 49.2 Å². The third-order valence-corrected chi connectivity index (χ3v) is 10.6. The van der Waals surface area contributed by atoms with Gasteiger partial charge in [-0.2, -0.15) is 0 Å². The standard InChI is InChI=1S/C34H54O11/c1-9-33(5,6)43-16-24-28(38)29(39)30(40)32(44-24)45-31-26-22(17(2)14-42-19(4)35)12-25(36)34(26,7)13-23-20(15-41-8)10-11-21(23)18(3)27(31)37/h9,13,17-18,20-21,24-25,27-32,36-40H,1,10-12,14-16H2,2-8H3/t17-,18-,20-,21+,24-,25+,27-,28-,29+,30-,31-,32+,34+/m1/s1. The highest BCUT2D eigenvalue weighted by Gasteiger charge is 2.55. The maximum atomic E-state index is 12.1. The zero-order chi connectivity index (χ0) is 33.4. The largest absolute Gasteiger partial charge is 0.465 e. The number of aliphatic hydroxyl groups excluding tert-OH is 5. The Morgan fingerprint density at radius 1 is 1.13 bits per heavy atom. The molecule has 1 saturated heterocycles. The first-order valence-corrected chi connectivity index (χ1v) is 16.1. The van der Waals surface area contributed by atoms with E-state index in [1.54, 1.807) is 27.0 Å². The fourth-order valence-electron chi connectivity index (χ4n) is 7.56. The Balaban J connectivity index is 1.78. The van der Waals surface area contributed by atoms with E-state index in [4.69, 9.17) is 23.7 Å². The van der Waals surface area contributed by atoms with Crippen LogP contribution in [-0.2, 0) is 28.5 Å². The minimum absolute atomic E-state index is 0.00578. The Bertz CT molecular complexity index is 1130. The van der Waals surface area contributed by atoms with Crippen LogP contribution in [0.2, 0.25) is 0 Å². The van der Waals surface area contributed by atoms with E-state index in [1.165, 1.54) is 6.92 Å². The van der Waals surface area contributed by atoms with Crippen molar-refractivity contribution in [2.75, 3.05) is 26.9 Å². The Morgan fingerprint density at radius 3 is 2.44 bits per heavy atom. The molecule has 1 heterocycles. The lowest BCUT2D eigenvalue weighted by molar-refractivity contribution is -0.319. The van der Waals surface area contributed by atoms with Crippen molar-refractivity contribution in [1.82, 2.24) is 0 Å². The SMILES string of the molecule is C=CC(C)(C)OC[C@H]1O[C@@H](O[C@@H]2C3=C([C@H](C)COC(C)=O)C[C@H](O)[C@]3(C)C=C3[C@@H](COC)CC[C@H]3[C@@H](C)[C@H]2O)[C@H](O)[C@@H](O)[C@@H]1O. The van der Waals surface area contributed by atoms with E-state index in [1.807, 2.05) is 20.8 Å². The Kier molecular flexibility index (Phi) is 11.4. The smallest absolute Gasteiger partial charge is 0.302 e. The van der Waals surface area contributed by atoms with Gasteiger partial charge in [0.25, 0.3) is 0 Å². The van der Waals surface area contributed by atoms with Gasteiger partial charge in [-0.15, -0.1) is 6.58 Å². The van der Waals surface area contributed by atoms with Gasteiger partial charge in [0.1, 0.15) is 30.5 Å². The predicted octanol–water partition coefficient (Wildman–Crippen LogP) is 2.04. The number of aliphatic hydroxyl groups is 5. The molecule has 5 N–H and O–H groups in total. The average molecular weight is 639 g/mol. The molecule has 13 atom stereocenters. The molecule has 4 aliphatic rings. The maximum Gasteiger partial charge on any atom is 0.302 e. The second-order valence-corrected chi connectivity index (χ2v) is 14.2. The number of esters is 1. The van der Waals surface area contributed by atoms with Gasteiger partial charge >= 0.3 is 5.97 Å². The molecule has 0 amide bonds. The van der Waals surface area contributed by atoms with Crippen molar-refractivity contribution in [2.45, 2.75) is 115 Å². The normalized spacial score (nSPS) is 41.1. The van der Waals surface area contributed by atoms with Gasteiger partial charge in [-0.05, 0) is 57.4 Å². The van der Waals surface area contributed by atoms with Gasteiger partial charge in [-0.3, -0.25) is 4.79 Å². The molecule has 4 rings (SSSR count). The van der Waals surface area contributed by atoms with Crippen molar-refractivity contribution in [3.63, 3.8) is 0 Å². The third kappa shape index (κ3) is 7.27. The second-order valence-electron chi connectivity index (χ2n) is 14.2. The van der Waals surface area contributed by atoms with Crippen LogP contribution in [0.4, 0.5) is 0 Å². The third-order valence-electron chi connectivity index (χ3n) is 10.6. The van der Waals surface area contributed by atoms with Crippen molar-refractivity contribution >= 4 is 5.97 Å². The van der Waals surface area contributed by atoms with Crippen LogP contribution in [0, 0.1) is 29.1 Å². The van der Waals surface area contributed by atoms with Crippen LogP contribution in [0.5, 0.6) is 0 Å². The number of hydrogen-bond donors (Lipinski definition) is 5. The molecular formula is C34H54O11. The summed E-state index contributed by atoms with van der Waals surface area (Å²) in [5.74, 6) is -0.878. The molecule has 0 bridgehead atoms. The summed E-state index contributed by atoms with van der Waals surface area (Å²) < 4.78 is 29.3. The van der Waals surface area contributed by atoms with Crippen LogP contribution in [0.15, 0.2) is 35.5 Å². The van der Waals surface area contributed by atoms with Crippen molar-refractivity contribution in [3.8, 4) is 0 Å². The summed E-state index contributed by atoms with van der Waals surface area (Å²) in [5.41, 5.74) is 0.864. The van der Waals surface area contributed by atoms with E-state index in [2.05, 4.69) is 12.7 Å². The van der Waals surface area contributed by atoms with E-state index in [0.717, 1.165) is 24.0 Å². The van der Waals surface area contributed by atoms with Crippen molar-refractivity contribution in [3.05, 3.63) is 35.5 Å². The molecule has 0 radical (unpaired) electrons. The molecular weight excluding hydrogens is 584 g/mol. The molecule has 0 spiro atoms. The van der Waals surface area contributed by atoms with Crippen LogP contribution in [-0.4, -0.2) is 113 Å². The van der Waals surface area contributed by atoms with Crippen LogP contribution < -0.4 is 0 Å². The monoisotopic (exact) mass is 638 g/mol. The lowest BCUT2D eigenvalue weighted by Crippen LogP contribution is -2.61. The molecule has 0 unspecified atom stereocenters. The molecule has 1 saturated carbocycles. The number of hydrogen-bond acceptors (Lipinski definition) is 11. The fraction of sp³-hybridized carbons (Fsp3) is 0.794. The molecule has 11 heteroatoms. The first-order valence-electron chi connectivity index (χ1n) is 16.1. The average Bonchev–Trinajstić information content (AvgIpc) is 3.49. The predicted molar refractivity (Wildman–Crippen MR) is 165 cm³/mol. The zero-order valence-electron chi connectivity index (χ0n) is 27.7. The first-order chi connectivity index (χ1) is 21.1. The van der Waals surface area contributed by atoms with Crippen LogP contribution in [0.25, 0.3) is 0 Å². The molecule has 11 nitrogen and oxygen atoms in total. The second kappa shape index (κ2) is 14.2. The van der Waals surface area contributed by atoms with Crippen molar-refractivity contribution in [2.24, 2.45) is 29.1 Å². The van der Waals surface area contributed by atoms with Gasteiger partial charge in [0.15, 0.2) is 6.29 Å². The number of methoxy groups -OCH3 is 1. The fourth-order valence-corrected chi connectivity index (χ4v) is 7.56. The number of carbonyl (C=O) groups excluding carboxylic acids is 1. The van der Waals surface area contributed by atoms with E-state index in [0.29, 0.717) is 12.2 Å². The Labute approximate surface area is 266 Å². The molecule has 0 aromatic rings. The van der Waals surface area contributed by atoms with Crippen LogP contribution in [0.1, 0.15) is 60.8 Å². The summed E-state index contributed by atoms with van der Waals surface area (Å²) in [6.07, 6.45) is -4.51. The van der Waals surface area contributed by atoms with Crippen molar-refractivity contribution < 1.29 is 54.0 Å². The highest BCUT2D eigenvalue weighted by Crippen LogP contribution is 2.55. The highest BCUT2D eigenvalue weighted by atomic mass is 16.7. The highest BCUT2D eigenvalue weighted by molar-refractivity contribution is 5.65. The van der Waals surface area contributed by atoms with Gasteiger partial charge in [-0.25, -0.2) is 0 Å². The minimum Gasteiger partial charge on any atom is -0.465 e. The number of fused-ring (bicyclic) bond motifs is 2. The molecule has 0 aromatic carbocycles. The van der Waals surface area contributed by atoms with E-state index >= 15 is 0 Å². The van der Waals surface area contributed by atoms with Gasteiger partial charge in [0, 0.05) is 31.3 Å². The number of rotatable bonds is 11. The lowest BCUT2D eigenvalue weighted by atomic mass is 9.68. The molecule has 1 aliphatic heterocycles. The summed E-state index contributed by atoms with van der Waals surface area (Å²) >= 11 is 0. The lowest BCUT2D eigenvalue weighted by Gasteiger charge is -2.46. The molecule has 0 aromatic heterocycles. The van der Waals surface area contributed by atoms with E-state index in [9.17, 15) is 30.3 Å². The summed E-state index contributed by atoms with van der Waals surface area (Å²) in [6, 6.07) is 0. The quantitative estimate of drug-likeness (QED) is 0.166. The van der Waals surface area contributed by atoms with E-state index in [-0.39, 0.29) is 43.3 Å². The summed E-state index contributed by atoms with van der Waals surface area (Å²) in [4.78, 5) is 11.7. The summed E-state index contributed by atoms with van der Waals surface area (Å²) in [5, 5.41) is 56.5. The van der Waals surface area contributed by atoms with E-state index < -0.39 is 66.0 Å². The van der Waals surface area contributed by atoms with Crippen molar-refractivity contribution in [1.29, 1.82) is 0 Å². The van der Waals surface area contributed by atoms with Gasteiger partial charge in [0.05, 0.1) is 37.6 Å².